The highest BCUT2D eigenvalue weighted by Crippen LogP contribution is 2.27. The number of aromatic nitrogens is 2. The zero-order valence-corrected chi connectivity index (χ0v) is 14.3. The van der Waals surface area contributed by atoms with Crippen molar-refractivity contribution < 1.29 is 24.9 Å². The lowest BCUT2D eigenvalue weighted by molar-refractivity contribution is -0.0566. The van der Waals surface area contributed by atoms with Gasteiger partial charge in [-0.25, -0.2) is 4.98 Å². The third-order valence-corrected chi connectivity index (χ3v) is 4.19. The molecule has 1 aliphatic heterocycles. The Morgan fingerprint density at radius 3 is 2.77 bits per heavy atom. The van der Waals surface area contributed by atoms with Gasteiger partial charge in [-0.05, 0) is 26.0 Å². The molecule has 0 radical (unpaired) electrons. The van der Waals surface area contributed by atoms with Crippen LogP contribution < -0.4 is 10.9 Å². The van der Waals surface area contributed by atoms with Crippen LogP contribution in [0.15, 0.2) is 23.0 Å². The lowest BCUT2D eigenvalue weighted by Gasteiger charge is -2.32. The molecule has 0 unspecified atom stereocenters. The zero-order chi connectivity index (χ0) is 19.1. The maximum absolute atomic E-state index is 12.4. The molecule has 0 aliphatic carbocycles. The quantitative estimate of drug-likeness (QED) is 0.627. The van der Waals surface area contributed by atoms with Gasteiger partial charge < -0.3 is 25.4 Å². The number of hydrogen-bond acceptors (Lipinski definition) is 7. The number of hydrogen-bond donors (Lipinski definition) is 4. The average Bonchev–Trinajstić information content (AvgIpc) is 2.57. The summed E-state index contributed by atoms with van der Waals surface area (Å²) in [5, 5.41) is 31.6. The van der Waals surface area contributed by atoms with E-state index in [0.29, 0.717) is 12.2 Å². The van der Waals surface area contributed by atoms with Crippen molar-refractivity contribution in [3.05, 3.63) is 45.6 Å². The number of nitrogens with one attached hydrogen (secondary N) is 1. The number of phenols is 2. The number of carbonyl (C=O) groups is 1. The first-order valence-corrected chi connectivity index (χ1v) is 7.98. The lowest BCUT2D eigenvalue weighted by Crippen LogP contribution is -2.42. The Labute approximate surface area is 148 Å². The summed E-state index contributed by atoms with van der Waals surface area (Å²) < 4.78 is 6.88. The molecule has 0 saturated carbocycles. The third kappa shape index (κ3) is 3.08. The molecule has 2 heterocycles. The monoisotopic (exact) mass is 361 g/mol. The van der Waals surface area contributed by atoms with Crippen molar-refractivity contribution in [1.29, 1.82) is 0 Å². The van der Waals surface area contributed by atoms with Crippen LogP contribution in [0.25, 0.3) is 0 Å². The molecule has 138 valence electrons. The minimum absolute atomic E-state index is 0.0790. The maximum atomic E-state index is 12.4. The van der Waals surface area contributed by atoms with Crippen LogP contribution >= 0.6 is 0 Å². The minimum atomic E-state index is -0.880. The highest BCUT2D eigenvalue weighted by Gasteiger charge is 2.34. The SMILES string of the molecule is CC1(C)OCCn2c1nc(C(=O)NCc1ccc(O)cc1O)c(O)c2=O. The minimum Gasteiger partial charge on any atom is -0.508 e. The molecule has 2 aromatic rings. The highest BCUT2D eigenvalue weighted by atomic mass is 16.5. The van der Waals surface area contributed by atoms with E-state index in [1.165, 1.54) is 16.7 Å². The number of nitrogens with zero attached hydrogens (tertiary/aromatic N) is 2. The summed E-state index contributed by atoms with van der Waals surface area (Å²) in [6.45, 7) is 3.90. The number of carbonyl (C=O) groups excluding carboxylic acids is 1. The number of aromatic hydroxyl groups is 3. The molecular formula is C17H19N3O6. The van der Waals surface area contributed by atoms with Gasteiger partial charge in [0.05, 0.1) is 13.2 Å². The van der Waals surface area contributed by atoms with Crippen molar-refractivity contribution in [2.75, 3.05) is 6.61 Å². The smallest absolute Gasteiger partial charge is 0.296 e. The highest BCUT2D eigenvalue weighted by molar-refractivity contribution is 5.94. The van der Waals surface area contributed by atoms with Gasteiger partial charge in [-0.3, -0.25) is 14.2 Å². The van der Waals surface area contributed by atoms with Crippen molar-refractivity contribution in [3.8, 4) is 17.2 Å². The van der Waals surface area contributed by atoms with Crippen LogP contribution in [-0.4, -0.2) is 37.4 Å². The summed E-state index contributed by atoms with van der Waals surface area (Å²) in [4.78, 5) is 28.9. The number of fused-ring (bicyclic) bond motifs is 1. The molecule has 9 nitrogen and oxygen atoms in total. The molecule has 0 saturated heterocycles. The number of amides is 1. The van der Waals surface area contributed by atoms with E-state index in [9.17, 15) is 24.9 Å². The number of ether oxygens (including phenoxy) is 1. The van der Waals surface area contributed by atoms with Crippen LogP contribution in [0.5, 0.6) is 17.2 Å². The van der Waals surface area contributed by atoms with Crippen molar-refractivity contribution >= 4 is 5.91 Å². The van der Waals surface area contributed by atoms with Crippen LogP contribution in [0.3, 0.4) is 0 Å². The predicted octanol–water partition coefficient (Wildman–Crippen LogP) is 0.555. The number of phenolic OH excluding ortho intramolecular Hbond substituents is 2. The van der Waals surface area contributed by atoms with E-state index in [0.717, 1.165) is 6.07 Å². The van der Waals surface area contributed by atoms with E-state index in [1.807, 2.05) is 0 Å². The van der Waals surface area contributed by atoms with E-state index in [2.05, 4.69) is 10.3 Å². The first-order chi connectivity index (χ1) is 12.2. The predicted molar refractivity (Wildman–Crippen MR) is 90.1 cm³/mol. The fourth-order valence-electron chi connectivity index (χ4n) is 2.79. The van der Waals surface area contributed by atoms with E-state index in [-0.39, 0.29) is 30.4 Å². The molecule has 4 N–H and O–H groups in total. The van der Waals surface area contributed by atoms with Gasteiger partial charge in [0.1, 0.15) is 22.9 Å². The van der Waals surface area contributed by atoms with Crippen molar-refractivity contribution in [1.82, 2.24) is 14.9 Å². The summed E-state index contributed by atoms with van der Waals surface area (Å²) in [6, 6.07) is 3.95. The fraction of sp³-hybridized carbons (Fsp3) is 0.353. The summed E-state index contributed by atoms with van der Waals surface area (Å²) in [7, 11) is 0. The lowest BCUT2D eigenvalue weighted by atomic mass is 10.1. The fourth-order valence-corrected chi connectivity index (χ4v) is 2.79. The Morgan fingerprint density at radius 1 is 1.35 bits per heavy atom. The Balaban J connectivity index is 1.90. The Bertz CT molecular complexity index is 935. The maximum Gasteiger partial charge on any atom is 0.296 e. The van der Waals surface area contributed by atoms with Gasteiger partial charge in [-0.2, -0.15) is 0 Å². The van der Waals surface area contributed by atoms with Gasteiger partial charge in [0.2, 0.25) is 5.75 Å². The zero-order valence-electron chi connectivity index (χ0n) is 14.3. The molecule has 0 bridgehead atoms. The van der Waals surface area contributed by atoms with Crippen molar-refractivity contribution in [2.24, 2.45) is 0 Å². The van der Waals surface area contributed by atoms with E-state index >= 15 is 0 Å². The van der Waals surface area contributed by atoms with Gasteiger partial charge in [-0.15, -0.1) is 0 Å². The van der Waals surface area contributed by atoms with Gasteiger partial charge >= 0.3 is 0 Å². The summed E-state index contributed by atoms with van der Waals surface area (Å²) in [5.41, 5.74) is -1.63. The molecule has 1 amide bonds. The standard InChI is InChI=1S/C17H19N3O6/c1-17(2)16-19-12(13(23)15(25)20(16)5-6-26-17)14(24)18-8-9-3-4-10(21)7-11(9)22/h3-4,7,21-23H,5-6,8H2,1-2H3,(H,18,24). The van der Waals surface area contributed by atoms with Crippen LogP contribution in [0.4, 0.5) is 0 Å². The van der Waals surface area contributed by atoms with E-state index in [4.69, 9.17) is 4.74 Å². The molecule has 3 rings (SSSR count). The molecule has 9 heteroatoms. The Hall–Kier alpha value is -3.07. The number of rotatable bonds is 3. The van der Waals surface area contributed by atoms with Gasteiger partial charge in [0, 0.05) is 18.2 Å². The molecule has 1 aromatic carbocycles. The van der Waals surface area contributed by atoms with Gasteiger partial charge in [0.25, 0.3) is 11.5 Å². The van der Waals surface area contributed by atoms with Gasteiger partial charge in [0.15, 0.2) is 5.69 Å². The summed E-state index contributed by atoms with van der Waals surface area (Å²) >= 11 is 0. The van der Waals surface area contributed by atoms with Crippen molar-refractivity contribution in [3.63, 3.8) is 0 Å². The van der Waals surface area contributed by atoms with E-state index in [1.54, 1.807) is 13.8 Å². The van der Waals surface area contributed by atoms with Crippen LogP contribution in [0.2, 0.25) is 0 Å². The second-order valence-electron chi connectivity index (χ2n) is 6.44. The second kappa shape index (κ2) is 6.34. The number of benzene rings is 1. The average molecular weight is 361 g/mol. The largest absolute Gasteiger partial charge is 0.508 e. The first kappa shape index (κ1) is 17.7. The molecule has 0 spiro atoms. The molecule has 0 fully saturated rings. The van der Waals surface area contributed by atoms with Crippen LogP contribution in [-0.2, 0) is 23.4 Å². The molecular weight excluding hydrogens is 342 g/mol. The molecule has 1 aliphatic rings. The second-order valence-corrected chi connectivity index (χ2v) is 6.44. The van der Waals surface area contributed by atoms with Crippen molar-refractivity contribution in [2.45, 2.75) is 32.5 Å². The molecule has 1 aromatic heterocycles. The van der Waals surface area contributed by atoms with Crippen LogP contribution in [0, 0.1) is 0 Å². The summed E-state index contributed by atoms with van der Waals surface area (Å²) in [6.07, 6.45) is 0. The van der Waals surface area contributed by atoms with Crippen LogP contribution in [0.1, 0.15) is 35.7 Å². The topological polar surface area (TPSA) is 134 Å². The summed E-state index contributed by atoms with van der Waals surface area (Å²) in [5.74, 6) is -1.55. The first-order valence-electron chi connectivity index (χ1n) is 7.98. The Kier molecular flexibility index (Phi) is 4.33. The molecule has 26 heavy (non-hydrogen) atoms. The van der Waals surface area contributed by atoms with E-state index < -0.39 is 28.5 Å². The third-order valence-electron chi connectivity index (χ3n) is 4.19. The normalized spacial score (nSPS) is 15.3. The van der Waals surface area contributed by atoms with Gasteiger partial charge in [-0.1, -0.05) is 0 Å². The Morgan fingerprint density at radius 2 is 2.08 bits per heavy atom. The molecule has 0 atom stereocenters.